The Morgan fingerprint density at radius 2 is 1.85 bits per heavy atom. The molecule has 136 valence electrons. The first-order chi connectivity index (χ1) is 12.6. The lowest BCUT2D eigenvalue weighted by Gasteiger charge is -2.07. The normalized spacial score (nSPS) is 18.1. The number of aryl methyl sites for hydroxylation is 1. The van der Waals surface area contributed by atoms with E-state index in [1.807, 2.05) is 55.5 Å². The molecule has 2 N–H and O–H groups in total. The molecule has 26 heavy (non-hydrogen) atoms. The van der Waals surface area contributed by atoms with Gasteiger partial charge in [-0.15, -0.1) is 0 Å². The van der Waals surface area contributed by atoms with E-state index in [0.717, 1.165) is 29.0 Å². The first-order valence-electron chi connectivity index (χ1n) is 8.85. The van der Waals surface area contributed by atoms with Crippen LogP contribution >= 0.6 is 0 Å². The van der Waals surface area contributed by atoms with Crippen molar-refractivity contribution in [2.24, 2.45) is 11.8 Å². The van der Waals surface area contributed by atoms with Gasteiger partial charge < -0.3 is 15.4 Å². The van der Waals surface area contributed by atoms with Crippen LogP contribution in [0.15, 0.2) is 48.5 Å². The Morgan fingerprint density at radius 1 is 1.08 bits per heavy atom. The number of carbonyl (C=O) groups excluding carboxylic acids is 2. The van der Waals surface area contributed by atoms with Crippen molar-refractivity contribution < 1.29 is 14.3 Å². The third kappa shape index (κ3) is 4.63. The zero-order valence-electron chi connectivity index (χ0n) is 15.1. The highest BCUT2D eigenvalue weighted by molar-refractivity contribution is 5.99. The molecule has 5 nitrogen and oxygen atoms in total. The van der Waals surface area contributed by atoms with Crippen molar-refractivity contribution in [2.75, 3.05) is 19.0 Å². The molecular formula is C21H24N2O3. The van der Waals surface area contributed by atoms with Gasteiger partial charge in [0, 0.05) is 12.2 Å². The van der Waals surface area contributed by atoms with E-state index in [9.17, 15) is 9.59 Å². The van der Waals surface area contributed by atoms with Gasteiger partial charge in [0.25, 0.3) is 0 Å². The van der Waals surface area contributed by atoms with Crippen LogP contribution in [0.3, 0.4) is 0 Å². The third-order valence-electron chi connectivity index (χ3n) is 4.60. The molecule has 0 spiro atoms. The second-order valence-electron chi connectivity index (χ2n) is 6.70. The highest BCUT2D eigenvalue weighted by Crippen LogP contribution is 2.39. The number of benzene rings is 2. The molecule has 2 aromatic carbocycles. The van der Waals surface area contributed by atoms with Crippen molar-refractivity contribution in [3.63, 3.8) is 0 Å². The highest BCUT2D eigenvalue weighted by atomic mass is 16.5. The standard InChI is InChI=1S/C21H24N2O3/c1-14-5-3-7-16(11-14)23-21(25)19-13-18(19)20(24)22-10-9-15-6-4-8-17(12-15)26-2/h3-8,11-12,18-19H,9-10,13H2,1-2H3,(H,22,24)(H,23,25). The van der Waals surface area contributed by atoms with Crippen molar-refractivity contribution in [3.05, 3.63) is 59.7 Å². The van der Waals surface area contributed by atoms with Gasteiger partial charge in [-0.25, -0.2) is 0 Å². The SMILES string of the molecule is COc1cccc(CCNC(=O)C2CC2C(=O)Nc2cccc(C)c2)c1. The van der Waals surface area contributed by atoms with Gasteiger partial charge in [-0.3, -0.25) is 9.59 Å². The van der Waals surface area contributed by atoms with Crippen LogP contribution in [-0.2, 0) is 16.0 Å². The molecule has 1 aliphatic rings. The number of carbonyl (C=O) groups is 2. The molecule has 0 radical (unpaired) electrons. The summed E-state index contributed by atoms with van der Waals surface area (Å²) < 4.78 is 5.20. The first kappa shape index (κ1) is 18.0. The fraction of sp³-hybridized carbons (Fsp3) is 0.333. The summed E-state index contributed by atoms with van der Waals surface area (Å²) in [6.07, 6.45) is 1.35. The van der Waals surface area contributed by atoms with E-state index >= 15 is 0 Å². The minimum absolute atomic E-state index is 0.0442. The van der Waals surface area contributed by atoms with Crippen LogP contribution in [0, 0.1) is 18.8 Å². The monoisotopic (exact) mass is 352 g/mol. The number of anilines is 1. The zero-order valence-corrected chi connectivity index (χ0v) is 15.1. The Bertz CT molecular complexity index is 803. The number of nitrogens with one attached hydrogen (secondary N) is 2. The minimum Gasteiger partial charge on any atom is -0.497 e. The van der Waals surface area contributed by atoms with E-state index in [1.54, 1.807) is 7.11 Å². The van der Waals surface area contributed by atoms with Crippen molar-refractivity contribution in [2.45, 2.75) is 19.8 Å². The summed E-state index contributed by atoms with van der Waals surface area (Å²) in [4.78, 5) is 24.5. The quantitative estimate of drug-likeness (QED) is 0.805. The zero-order chi connectivity index (χ0) is 18.5. The largest absolute Gasteiger partial charge is 0.497 e. The third-order valence-corrected chi connectivity index (χ3v) is 4.60. The molecule has 5 heteroatoms. The lowest BCUT2D eigenvalue weighted by atomic mass is 10.1. The van der Waals surface area contributed by atoms with E-state index in [1.165, 1.54) is 0 Å². The van der Waals surface area contributed by atoms with Gasteiger partial charge in [0.2, 0.25) is 11.8 Å². The highest BCUT2D eigenvalue weighted by Gasteiger charge is 2.47. The summed E-state index contributed by atoms with van der Waals surface area (Å²) >= 11 is 0. The van der Waals surface area contributed by atoms with Gasteiger partial charge in [0.15, 0.2) is 0 Å². The molecule has 2 aromatic rings. The van der Waals surface area contributed by atoms with Crippen LogP contribution in [0.2, 0.25) is 0 Å². The van der Waals surface area contributed by atoms with Gasteiger partial charge in [-0.05, 0) is 55.2 Å². The Morgan fingerprint density at radius 3 is 2.62 bits per heavy atom. The summed E-state index contributed by atoms with van der Waals surface area (Å²) in [5, 5.41) is 5.82. The Hall–Kier alpha value is -2.82. The molecule has 2 amide bonds. The number of hydrogen-bond acceptors (Lipinski definition) is 3. The molecule has 2 unspecified atom stereocenters. The minimum atomic E-state index is -0.229. The summed E-state index contributed by atoms with van der Waals surface area (Å²) in [6, 6.07) is 15.4. The fourth-order valence-corrected chi connectivity index (χ4v) is 3.02. The lowest BCUT2D eigenvalue weighted by Crippen LogP contribution is -2.29. The molecule has 0 aromatic heterocycles. The molecule has 1 aliphatic carbocycles. The van der Waals surface area contributed by atoms with Crippen LogP contribution < -0.4 is 15.4 Å². The molecule has 2 atom stereocenters. The van der Waals surface area contributed by atoms with Gasteiger partial charge in [0.1, 0.15) is 5.75 Å². The average molecular weight is 352 g/mol. The van der Waals surface area contributed by atoms with E-state index in [0.29, 0.717) is 13.0 Å². The van der Waals surface area contributed by atoms with Gasteiger partial charge in [-0.1, -0.05) is 24.3 Å². The summed E-state index contributed by atoms with van der Waals surface area (Å²) in [5.41, 5.74) is 2.97. The van der Waals surface area contributed by atoms with Crippen LogP contribution in [0.1, 0.15) is 17.5 Å². The molecule has 0 heterocycles. The predicted molar refractivity (Wildman–Crippen MR) is 101 cm³/mol. The number of methoxy groups -OCH3 is 1. The average Bonchev–Trinajstić information content (AvgIpc) is 3.43. The van der Waals surface area contributed by atoms with Gasteiger partial charge >= 0.3 is 0 Å². The second kappa shape index (κ2) is 8.04. The number of amides is 2. The fourth-order valence-electron chi connectivity index (χ4n) is 3.02. The van der Waals surface area contributed by atoms with Crippen molar-refractivity contribution >= 4 is 17.5 Å². The van der Waals surface area contributed by atoms with E-state index < -0.39 is 0 Å². The molecule has 0 aliphatic heterocycles. The molecule has 1 fully saturated rings. The van der Waals surface area contributed by atoms with Gasteiger partial charge in [-0.2, -0.15) is 0 Å². The second-order valence-corrected chi connectivity index (χ2v) is 6.70. The van der Waals surface area contributed by atoms with E-state index in [-0.39, 0.29) is 23.7 Å². The molecule has 3 rings (SSSR count). The molecule has 0 bridgehead atoms. The van der Waals surface area contributed by atoms with E-state index in [4.69, 9.17) is 4.74 Å². The van der Waals surface area contributed by atoms with E-state index in [2.05, 4.69) is 10.6 Å². The summed E-state index contributed by atoms with van der Waals surface area (Å²) in [6.45, 7) is 2.53. The number of ether oxygens (including phenoxy) is 1. The summed E-state index contributed by atoms with van der Waals surface area (Å²) in [5.74, 6) is 0.238. The van der Waals surface area contributed by atoms with Gasteiger partial charge in [0.05, 0.1) is 18.9 Å². The van der Waals surface area contributed by atoms with Crippen LogP contribution in [0.5, 0.6) is 5.75 Å². The van der Waals surface area contributed by atoms with Crippen molar-refractivity contribution in [1.82, 2.24) is 5.32 Å². The maximum Gasteiger partial charge on any atom is 0.228 e. The topological polar surface area (TPSA) is 67.4 Å². The van der Waals surface area contributed by atoms with Crippen LogP contribution in [-0.4, -0.2) is 25.5 Å². The Labute approximate surface area is 153 Å². The first-order valence-corrected chi connectivity index (χ1v) is 8.85. The smallest absolute Gasteiger partial charge is 0.228 e. The number of hydrogen-bond donors (Lipinski definition) is 2. The van der Waals surface area contributed by atoms with Crippen LogP contribution in [0.25, 0.3) is 0 Å². The Kier molecular flexibility index (Phi) is 5.56. The predicted octanol–water partition coefficient (Wildman–Crippen LogP) is 2.94. The molecular weight excluding hydrogens is 328 g/mol. The lowest BCUT2D eigenvalue weighted by molar-refractivity contribution is -0.125. The number of rotatable bonds is 7. The summed E-state index contributed by atoms with van der Waals surface area (Å²) in [7, 11) is 1.63. The molecule has 0 saturated heterocycles. The maximum atomic E-state index is 12.3. The van der Waals surface area contributed by atoms with Crippen molar-refractivity contribution in [1.29, 1.82) is 0 Å². The molecule has 1 saturated carbocycles. The maximum absolute atomic E-state index is 12.3. The Balaban J connectivity index is 1.43. The van der Waals surface area contributed by atoms with Crippen LogP contribution in [0.4, 0.5) is 5.69 Å². The van der Waals surface area contributed by atoms with Crippen molar-refractivity contribution in [3.8, 4) is 5.75 Å².